The number of nitrogens with one attached hydrogen (secondary N) is 3. The Labute approximate surface area is 183 Å². The van der Waals surface area contributed by atoms with Crippen LogP contribution in [0.2, 0.25) is 0 Å². The molecule has 0 fully saturated rings. The first-order valence-corrected chi connectivity index (χ1v) is 9.09. The maximum atomic E-state index is 12.1. The molecule has 1 aromatic carbocycles. The van der Waals surface area contributed by atoms with E-state index >= 15 is 0 Å². The average molecular weight is 500 g/mol. The summed E-state index contributed by atoms with van der Waals surface area (Å²) in [6, 6.07) is 9.51. The monoisotopic (exact) mass is 500 g/mol. The second kappa shape index (κ2) is 13.9. The second-order valence-electron chi connectivity index (χ2n) is 5.86. The molecule has 0 bridgehead atoms. The number of amides is 1. The summed E-state index contributed by atoms with van der Waals surface area (Å²) >= 11 is 0. The van der Waals surface area contributed by atoms with E-state index in [0.717, 1.165) is 43.4 Å². The van der Waals surface area contributed by atoms with Gasteiger partial charge in [0.1, 0.15) is 6.54 Å². The topological polar surface area (TPSA) is 92.6 Å². The van der Waals surface area contributed by atoms with Crippen molar-refractivity contribution in [3.63, 3.8) is 0 Å². The molecule has 3 N–H and O–H groups in total. The number of ether oxygens (including phenoxy) is 1. The van der Waals surface area contributed by atoms with E-state index in [-0.39, 0.29) is 36.4 Å². The normalized spacial score (nSPS) is 10.9. The molecule has 1 heterocycles. The van der Waals surface area contributed by atoms with Gasteiger partial charge in [-0.05, 0) is 37.1 Å². The van der Waals surface area contributed by atoms with Gasteiger partial charge in [0.05, 0.1) is 0 Å². The van der Waals surface area contributed by atoms with E-state index in [1.54, 1.807) is 30.2 Å². The third kappa shape index (κ3) is 9.18. The Bertz CT molecular complexity index is 721. The molecule has 2 aromatic rings. The lowest BCUT2D eigenvalue weighted by atomic mass is 10.2. The summed E-state index contributed by atoms with van der Waals surface area (Å²) in [5.41, 5.74) is 1.80. The molecular formula is C19H29IN6O2. The van der Waals surface area contributed by atoms with Gasteiger partial charge in [-0.1, -0.05) is 12.1 Å². The molecule has 0 unspecified atom stereocenters. The second-order valence-corrected chi connectivity index (χ2v) is 5.86. The van der Waals surface area contributed by atoms with Crippen molar-refractivity contribution in [3.8, 4) is 0 Å². The van der Waals surface area contributed by atoms with Crippen molar-refractivity contribution in [1.82, 2.24) is 20.4 Å². The first-order chi connectivity index (χ1) is 13.2. The molecule has 0 radical (unpaired) electrons. The van der Waals surface area contributed by atoms with E-state index in [1.165, 1.54) is 0 Å². The fourth-order valence-corrected chi connectivity index (χ4v) is 2.43. The highest BCUT2D eigenvalue weighted by Crippen LogP contribution is 2.10. The average Bonchev–Trinajstić information content (AvgIpc) is 3.17. The van der Waals surface area contributed by atoms with Gasteiger partial charge in [0.25, 0.3) is 0 Å². The van der Waals surface area contributed by atoms with E-state index in [4.69, 9.17) is 4.74 Å². The number of nitrogens with zero attached hydrogens (tertiary/aromatic N) is 3. The largest absolute Gasteiger partial charge is 0.382 e. The van der Waals surface area contributed by atoms with E-state index in [2.05, 4.69) is 26.0 Å². The molecule has 2 rings (SSSR count). The van der Waals surface area contributed by atoms with Gasteiger partial charge in [0.15, 0.2) is 5.96 Å². The van der Waals surface area contributed by atoms with Crippen LogP contribution in [0, 0.1) is 0 Å². The van der Waals surface area contributed by atoms with Crippen molar-refractivity contribution < 1.29 is 9.53 Å². The first kappa shape index (κ1) is 23.9. The van der Waals surface area contributed by atoms with Crippen molar-refractivity contribution in [2.45, 2.75) is 26.4 Å². The summed E-state index contributed by atoms with van der Waals surface area (Å²) in [6.45, 7) is 5.05. The van der Waals surface area contributed by atoms with Crippen molar-refractivity contribution >= 4 is 41.5 Å². The Kier molecular flexibility index (Phi) is 11.9. The summed E-state index contributed by atoms with van der Waals surface area (Å²) in [5, 5.41) is 13.4. The van der Waals surface area contributed by atoms with Gasteiger partial charge in [0.2, 0.25) is 5.91 Å². The maximum Gasteiger partial charge on any atom is 0.246 e. The maximum absolute atomic E-state index is 12.1. The molecule has 8 nitrogen and oxygen atoms in total. The fourth-order valence-electron chi connectivity index (χ4n) is 2.43. The third-order valence-corrected chi connectivity index (χ3v) is 3.72. The van der Waals surface area contributed by atoms with Crippen molar-refractivity contribution in [2.24, 2.45) is 4.99 Å². The Hall–Kier alpha value is -2.14. The molecule has 154 valence electrons. The highest BCUT2D eigenvalue weighted by molar-refractivity contribution is 14.0. The van der Waals surface area contributed by atoms with Gasteiger partial charge in [-0.3, -0.25) is 14.5 Å². The van der Waals surface area contributed by atoms with Crippen molar-refractivity contribution in [1.29, 1.82) is 0 Å². The molecule has 0 aliphatic heterocycles. The minimum atomic E-state index is -0.115. The van der Waals surface area contributed by atoms with Gasteiger partial charge < -0.3 is 20.7 Å². The lowest BCUT2D eigenvalue weighted by Crippen LogP contribution is -2.37. The van der Waals surface area contributed by atoms with Crippen LogP contribution in [0.25, 0.3) is 0 Å². The van der Waals surface area contributed by atoms with Crippen LogP contribution in [-0.4, -0.2) is 48.5 Å². The Morgan fingerprint density at radius 2 is 2.14 bits per heavy atom. The number of benzene rings is 1. The lowest BCUT2D eigenvalue weighted by molar-refractivity contribution is -0.116. The number of anilines is 1. The number of aliphatic imine (C=N–C) groups is 1. The van der Waals surface area contributed by atoms with Crippen LogP contribution < -0.4 is 16.0 Å². The highest BCUT2D eigenvalue weighted by atomic mass is 127. The van der Waals surface area contributed by atoms with Crippen LogP contribution in [-0.2, 0) is 22.6 Å². The van der Waals surface area contributed by atoms with Crippen molar-refractivity contribution in [3.05, 3.63) is 48.3 Å². The number of hydrogen-bond acceptors (Lipinski definition) is 4. The Balaban J connectivity index is 0.00000392. The fraction of sp³-hybridized carbons (Fsp3) is 0.421. The van der Waals surface area contributed by atoms with E-state index < -0.39 is 0 Å². The zero-order valence-electron chi connectivity index (χ0n) is 16.4. The van der Waals surface area contributed by atoms with Crippen LogP contribution in [0.4, 0.5) is 5.69 Å². The van der Waals surface area contributed by atoms with Crippen LogP contribution in [0.5, 0.6) is 0 Å². The summed E-state index contributed by atoms with van der Waals surface area (Å²) in [5.74, 6) is 0.621. The van der Waals surface area contributed by atoms with Gasteiger partial charge in [-0.25, -0.2) is 0 Å². The SMILES string of the molecule is CCOCCCNC(=NC)NCc1cccc(NC(=O)Cn2cccn2)c1.I. The number of guanidine groups is 1. The molecule has 1 aromatic heterocycles. The van der Waals surface area contributed by atoms with E-state index in [9.17, 15) is 4.79 Å². The Morgan fingerprint density at radius 3 is 2.86 bits per heavy atom. The highest BCUT2D eigenvalue weighted by Gasteiger charge is 2.05. The zero-order valence-corrected chi connectivity index (χ0v) is 18.7. The number of carbonyl (C=O) groups excluding carboxylic acids is 1. The molecule has 0 saturated heterocycles. The molecule has 0 aliphatic rings. The molecule has 0 atom stereocenters. The van der Waals surface area contributed by atoms with Gasteiger partial charge >= 0.3 is 0 Å². The summed E-state index contributed by atoms with van der Waals surface area (Å²) in [4.78, 5) is 16.3. The summed E-state index contributed by atoms with van der Waals surface area (Å²) < 4.78 is 6.90. The molecule has 0 aliphatic carbocycles. The minimum Gasteiger partial charge on any atom is -0.382 e. The standard InChI is InChI=1S/C19H28N6O2.HI/c1-3-27-12-6-9-21-19(20-2)22-14-16-7-4-8-17(13-16)24-18(26)15-25-11-5-10-23-25;/h4-5,7-8,10-11,13H,3,6,9,12,14-15H2,1-2H3,(H,24,26)(H2,20,21,22);1H. The third-order valence-electron chi connectivity index (χ3n) is 3.72. The predicted molar refractivity (Wildman–Crippen MR) is 122 cm³/mol. The predicted octanol–water partition coefficient (Wildman–Crippen LogP) is 2.23. The minimum absolute atomic E-state index is 0. The number of rotatable bonds is 10. The molecule has 9 heteroatoms. The zero-order chi connectivity index (χ0) is 19.3. The van der Waals surface area contributed by atoms with Gasteiger partial charge in [0, 0.05) is 51.4 Å². The molecular weight excluding hydrogens is 471 g/mol. The van der Waals surface area contributed by atoms with E-state index in [0.29, 0.717) is 6.54 Å². The first-order valence-electron chi connectivity index (χ1n) is 9.09. The quantitative estimate of drug-likeness (QED) is 0.202. The molecule has 1 amide bonds. The van der Waals surface area contributed by atoms with Gasteiger partial charge in [-0.15, -0.1) is 24.0 Å². The van der Waals surface area contributed by atoms with Crippen molar-refractivity contribution in [2.75, 3.05) is 32.1 Å². The Morgan fingerprint density at radius 1 is 1.29 bits per heavy atom. The summed E-state index contributed by atoms with van der Waals surface area (Å²) in [6.07, 6.45) is 4.33. The number of carbonyl (C=O) groups is 1. The summed E-state index contributed by atoms with van der Waals surface area (Å²) in [7, 11) is 1.74. The molecule has 0 spiro atoms. The molecule has 28 heavy (non-hydrogen) atoms. The number of halogens is 1. The smallest absolute Gasteiger partial charge is 0.246 e. The van der Waals surface area contributed by atoms with Crippen LogP contribution in [0.3, 0.4) is 0 Å². The van der Waals surface area contributed by atoms with Crippen LogP contribution >= 0.6 is 24.0 Å². The van der Waals surface area contributed by atoms with Crippen LogP contribution in [0.15, 0.2) is 47.7 Å². The lowest BCUT2D eigenvalue weighted by Gasteiger charge is -2.13. The molecule has 0 saturated carbocycles. The van der Waals surface area contributed by atoms with Gasteiger partial charge in [-0.2, -0.15) is 5.10 Å². The number of aromatic nitrogens is 2. The van der Waals surface area contributed by atoms with E-state index in [1.807, 2.05) is 31.2 Å². The number of hydrogen-bond donors (Lipinski definition) is 3. The van der Waals surface area contributed by atoms with Crippen LogP contribution in [0.1, 0.15) is 18.9 Å².